The molecule has 4 nitrogen and oxygen atoms in total. The first-order chi connectivity index (χ1) is 12.6. The molecule has 1 aromatic carbocycles. The molecule has 0 heterocycles. The predicted octanol–water partition coefficient (Wildman–Crippen LogP) is 4.11. The maximum Gasteiger partial charge on any atom is 0.223 e. The maximum atomic E-state index is 12.3. The number of benzene rings is 1. The average molecular weight is 354 g/mol. The number of anilines is 1. The molecule has 26 heavy (non-hydrogen) atoms. The minimum atomic E-state index is -0.0917. The lowest BCUT2D eigenvalue weighted by Crippen LogP contribution is -2.33. The van der Waals surface area contributed by atoms with Crippen LogP contribution in [0.4, 0.5) is 5.69 Å². The van der Waals surface area contributed by atoms with Crippen LogP contribution in [0.3, 0.4) is 0 Å². The number of rotatable bonds is 6. The van der Waals surface area contributed by atoms with Gasteiger partial charge in [0.25, 0.3) is 0 Å². The lowest BCUT2D eigenvalue weighted by Gasteiger charge is -2.27. The van der Waals surface area contributed by atoms with Crippen molar-refractivity contribution in [2.24, 2.45) is 11.8 Å². The van der Waals surface area contributed by atoms with Crippen LogP contribution in [0.2, 0.25) is 0 Å². The predicted molar refractivity (Wildman–Crippen MR) is 106 cm³/mol. The van der Waals surface area contributed by atoms with Gasteiger partial charge < -0.3 is 10.6 Å². The summed E-state index contributed by atoms with van der Waals surface area (Å²) in [6, 6.07) is 7.36. The van der Waals surface area contributed by atoms with Gasteiger partial charge in [0.05, 0.1) is 6.54 Å². The Labute approximate surface area is 157 Å². The van der Waals surface area contributed by atoms with Gasteiger partial charge in [0, 0.05) is 24.1 Å². The van der Waals surface area contributed by atoms with Crippen molar-refractivity contribution in [2.45, 2.75) is 58.8 Å². The van der Waals surface area contributed by atoms with Crippen LogP contribution in [0.1, 0.15) is 64.4 Å². The molecule has 0 saturated heterocycles. The van der Waals surface area contributed by atoms with E-state index < -0.39 is 0 Å². The van der Waals surface area contributed by atoms with Gasteiger partial charge >= 0.3 is 0 Å². The van der Waals surface area contributed by atoms with Gasteiger partial charge in [-0.3, -0.25) is 9.59 Å². The second kappa shape index (κ2) is 10.7. The Morgan fingerprint density at radius 2 is 1.81 bits per heavy atom. The molecule has 1 fully saturated rings. The van der Waals surface area contributed by atoms with E-state index in [-0.39, 0.29) is 17.7 Å². The Hall–Kier alpha value is -2.28. The molecule has 4 heteroatoms. The monoisotopic (exact) mass is 354 g/mol. The molecule has 0 bridgehead atoms. The molecule has 0 aliphatic heterocycles. The van der Waals surface area contributed by atoms with Crippen LogP contribution in [0.5, 0.6) is 0 Å². The molecule has 2 N–H and O–H groups in total. The van der Waals surface area contributed by atoms with E-state index in [0.717, 1.165) is 30.0 Å². The lowest BCUT2D eigenvalue weighted by atomic mass is 9.79. The molecule has 2 rings (SSSR count). The largest absolute Gasteiger partial charge is 0.345 e. The summed E-state index contributed by atoms with van der Waals surface area (Å²) < 4.78 is 0. The third-order valence-corrected chi connectivity index (χ3v) is 4.97. The standard InChI is InChI=1S/C22H30N2O2/c1-3-4-6-18-8-12-20(13-9-18)22(26)23-16-5-7-19-10-14-21(15-11-19)24-17(2)25/h10-11,14-15,18,20H,3-4,6,8-9,12-13,16H2,1-2H3,(H,23,26)(H,24,25). The lowest BCUT2D eigenvalue weighted by molar-refractivity contribution is -0.126. The number of nitrogens with one attached hydrogen (secondary N) is 2. The highest BCUT2D eigenvalue weighted by molar-refractivity contribution is 5.88. The number of hydrogen-bond acceptors (Lipinski definition) is 2. The molecule has 0 atom stereocenters. The first kappa shape index (κ1) is 20.0. The van der Waals surface area contributed by atoms with Crippen molar-refractivity contribution < 1.29 is 9.59 Å². The van der Waals surface area contributed by atoms with Crippen molar-refractivity contribution in [3.63, 3.8) is 0 Å². The van der Waals surface area contributed by atoms with Crippen molar-refractivity contribution in [1.29, 1.82) is 0 Å². The summed E-state index contributed by atoms with van der Waals surface area (Å²) in [5, 5.41) is 5.67. The van der Waals surface area contributed by atoms with E-state index in [0.29, 0.717) is 6.54 Å². The zero-order valence-electron chi connectivity index (χ0n) is 15.9. The maximum absolute atomic E-state index is 12.3. The van der Waals surface area contributed by atoms with E-state index in [1.807, 2.05) is 24.3 Å². The van der Waals surface area contributed by atoms with E-state index in [2.05, 4.69) is 29.4 Å². The summed E-state index contributed by atoms with van der Waals surface area (Å²) in [6.45, 7) is 4.09. The number of hydrogen-bond donors (Lipinski definition) is 2. The molecule has 0 unspecified atom stereocenters. The Kier molecular flexibility index (Phi) is 8.21. The molecule has 0 aromatic heterocycles. The van der Waals surface area contributed by atoms with Crippen molar-refractivity contribution >= 4 is 17.5 Å². The number of amides is 2. The second-order valence-corrected chi connectivity index (χ2v) is 7.14. The molecular weight excluding hydrogens is 324 g/mol. The molecule has 1 aliphatic rings. The van der Waals surface area contributed by atoms with Gasteiger partial charge in [-0.2, -0.15) is 0 Å². The Bertz CT molecular complexity index is 647. The molecule has 2 amide bonds. The highest BCUT2D eigenvalue weighted by Crippen LogP contribution is 2.31. The van der Waals surface area contributed by atoms with Crippen LogP contribution in [0, 0.1) is 23.7 Å². The fourth-order valence-electron chi connectivity index (χ4n) is 3.47. The average Bonchev–Trinajstić information content (AvgIpc) is 2.64. The van der Waals surface area contributed by atoms with Crippen LogP contribution < -0.4 is 10.6 Å². The van der Waals surface area contributed by atoms with Gasteiger partial charge in [-0.05, 0) is 55.9 Å². The summed E-state index contributed by atoms with van der Waals surface area (Å²) in [6.07, 6.45) is 8.28. The van der Waals surface area contributed by atoms with Gasteiger partial charge in [-0.1, -0.05) is 38.0 Å². The summed E-state index contributed by atoms with van der Waals surface area (Å²) in [5.41, 5.74) is 1.62. The third kappa shape index (κ3) is 6.92. The summed E-state index contributed by atoms with van der Waals surface area (Å²) in [5.74, 6) is 7.07. The van der Waals surface area contributed by atoms with Gasteiger partial charge in [-0.25, -0.2) is 0 Å². The normalized spacial score (nSPS) is 19.2. The molecule has 1 saturated carbocycles. The van der Waals surface area contributed by atoms with Crippen molar-refractivity contribution in [3.8, 4) is 11.8 Å². The smallest absolute Gasteiger partial charge is 0.223 e. The summed E-state index contributed by atoms with van der Waals surface area (Å²) in [7, 11) is 0. The van der Waals surface area contributed by atoms with Gasteiger partial charge in [0.2, 0.25) is 11.8 Å². The minimum absolute atomic E-state index is 0.0917. The number of unbranched alkanes of at least 4 members (excludes halogenated alkanes) is 1. The van der Waals surface area contributed by atoms with Crippen LogP contribution in [-0.2, 0) is 9.59 Å². The highest BCUT2D eigenvalue weighted by atomic mass is 16.2. The zero-order valence-corrected chi connectivity index (χ0v) is 15.9. The van der Waals surface area contributed by atoms with Crippen molar-refractivity contribution in [3.05, 3.63) is 29.8 Å². The molecule has 1 aromatic rings. The quantitative estimate of drug-likeness (QED) is 0.755. The number of carbonyl (C=O) groups excluding carboxylic acids is 2. The summed E-state index contributed by atoms with van der Waals surface area (Å²) >= 11 is 0. The summed E-state index contributed by atoms with van der Waals surface area (Å²) in [4.78, 5) is 23.2. The van der Waals surface area contributed by atoms with Crippen LogP contribution >= 0.6 is 0 Å². The minimum Gasteiger partial charge on any atom is -0.345 e. The van der Waals surface area contributed by atoms with Gasteiger partial charge in [-0.15, -0.1) is 0 Å². The van der Waals surface area contributed by atoms with Crippen LogP contribution in [-0.4, -0.2) is 18.4 Å². The van der Waals surface area contributed by atoms with Crippen LogP contribution in [0.25, 0.3) is 0 Å². The first-order valence-corrected chi connectivity index (χ1v) is 9.72. The van der Waals surface area contributed by atoms with E-state index in [9.17, 15) is 9.59 Å². The van der Waals surface area contributed by atoms with Crippen LogP contribution in [0.15, 0.2) is 24.3 Å². The van der Waals surface area contributed by atoms with E-state index in [4.69, 9.17) is 0 Å². The Morgan fingerprint density at radius 1 is 1.12 bits per heavy atom. The molecular formula is C22H30N2O2. The number of carbonyl (C=O) groups is 2. The van der Waals surface area contributed by atoms with Crippen molar-refractivity contribution in [2.75, 3.05) is 11.9 Å². The fraction of sp³-hybridized carbons (Fsp3) is 0.545. The molecule has 0 spiro atoms. The van der Waals surface area contributed by atoms with E-state index in [1.54, 1.807) is 0 Å². The third-order valence-electron chi connectivity index (χ3n) is 4.97. The SMILES string of the molecule is CCCCC1CCC(C(=O)NCC#Cc2ccc(NC(C)=O)cc2)CC1. The van der Waals surface area contributed by atoms with Crippen molar-refractivity contribution in [1.82, 2.24) is 5.32 Å². The van der Waals surface area contributed by atoms with E-state index in [1.165, 1.54) is 39.0 Å². The second-order valence-electron chi connectivity index (χ2n) is 7.14. The molecule has 140 valence electrons. The fourth-order valence-corrected chi connectivity index (χ4v) is 3.47. The topological polar surface area (TPSA) is 58.2 Å². The Balaban J connectivity index is 1.70. The Morgan fingerprint density at radius 3 is 2.42 bits per heavy atom. The van der Waals surface area contributed by atoms with Gasteiger partial charge in [0.15, 0.2) is 0 Å². The first-order valence-electron chi connectivity index (χ1n) is 9.72. The van der Waals surface area contributed by atoms with E-state index >= 15 is 0 Å². The molecule has 0 radical (unpaired) electrons. The van der Waals surface area contributed by atoms with Gasteiger partial charge in [0.1, 0.15) is 0 Å². The highest BCUT2D eigenvalue weighted by Gasteiger charge is 2.25. The zero-order chi connectivity index (χ0) is 18.8. The molecule has 1 aliphatic carbocycles.